The number of nitrogens with zero attached hydrogens (tertiary/aromatic N) is 3. The average molecular weight is 579 g/mol. The van der Waals surface area contributed by atoms with E-state index in [1.54, 1.807) is 4.57 Å². The number of piperidine rings is 1. The lowest BCUT2D eigenvalue weighted by atomic mass is 9.90. The van der Waals surface area contributed by atoms with Crippen LogP contribution in [0.3, 0.4) is 0 Å². The molecule has 222 valence electrons. The summed E-state index contributed by atoms with van der Waals surface area (Å²) in [6.07, 6.45) is 9.50. The Kier molecular flexibility index (Phi) is 9.23. The third kappa shape index (κ3) is 7.41. The lowest BCUT2D eigenvalue weighted by Gasteiger charge is -2.31. The van der Waals surface area contributed by atoms with Crippen molar-refractivity contribution >= 4 is 28.0 Å². The molecule has 2 saturated heterocycles. The van der Waals surface area contributed by atoms with Crippen LogP contribution in [-0.4, -0.2) is 55.5 Å². The minimum absolute atomic E-state index is 0.184. The molecule has 1 unspecified atom stereocenters. The van der Waals surface area contributed by atoms with Gasteiger partial charge in [-0.1, -0.05) is 44.2 Å². The Morgan fingerprint density at radius 3 is 2.78 bits per heavy atom. The standard InChI is InChI=1S/C31H46N8OS/c1-20(32)6-5-14-38-19-31(2,3)17-27(38)26-16-22-18-39(30(40)37-28(22)36-26)24-11-9-21(10-12-24)25-8-4-7-23(35-25)13-15-41-29(33)34/h9-12,16,18,20,23,25,27,35H,4-8,13-15,17,19,32H2,1-3H3,(H3,33,34)(H,36,37,40)/t20-,23+,25+,27?/m1/s1. The lowest BCUT2D eigenvalue weighted by molar-refractivity contribution is 0.235. The molecule has 0 amide bonds. The highest BCUT2D eigenvalue weighted by Crippen LogP contribution is 2.43. The highest BCUT2D eigenvalue weighted by atomic mass is 32.2. The molecular formula is C31H46N8OS. The molecule has 41 heavy (non-hydrogen) atoms. The lowest BCUT2D eigenvalue weighted by Crippen LogP contribution is -2.37. The van der Waals surface area contributed by atoms with Crippen LogP contribution in [0.5, 0.6) is 0 Å². The molecule has 0 spiro atoms. The normalized spacial score (nSPS) is 23.7. The number of likely N-dealkylation sites (tertiary alicyclic amines) is 1. The maximum absolute atomic E-state index is 13.1. The van der Waals surface area contributed by atoms with Crippen LogP contribution in [-0.2, 0) is 0 Å². The smallest absolute Gasteiger partial charge is 0.354 e. The number of benzene rings is 1. The summed E-state index contributed by atoms with van der Waals surface area (Å²) in [5.74, 6) is 0.863. The predicted octanol–water partition coefficient (Wildman–Crippen LogP) is 4.81. The van der Waals surface area contributed by atoms with Crippen molar-refractivity contribution in [3.8, 4) is 5.69 Å². The molecule has 0 bridgehead atoms. The van der Waals surface area contributed by atoms with Crippen molar-refractivity contribution in [1.29, 1.82) is 5.41 Å². The van der Waals surface area contributed by atoms with Crippen molar-refractivity contribution in [2.45, 2.75) is 89.9 Å². The van der Waals surface area contributed by atoms with Crippen LogP contribution in [0, 0.1) is 10.8 Å². The highest BCUT2D eigenvalue weighted by Gasteiger charge is 2.38. The van der Waals surface area contributed by atoms with Gasteiger partial charge in [0.15, 0.2) is 5.17 Å². The molecule has 2 aliphatic rings. The molecule has 4 heterocycles. The van der Waals surface area contributed by atoms with E-state index in [2.05, 4.69) is 59.2 Å². The van der Waals surface area contributed by atoms with Gasteiger partial charge in [-0.05, 0) is 81.2 Å². The van der Waals surface area contributed by atoms with Crippen molar-refractivity contribution in [1.82, 2.24) is 24.8 Å². The zero-order chi connectivity index (χ0) is 29.1. The van der Waals surface area contributed by atoms with Crippen molar-refractivity contribution < 1.29 is 0 Å². The number of amidine groups is 1. The fourth-order valence-electron chi connectivity index (χ4n) is 6.60. The van der Waals surface area contributed by atoms with Crippen LogP contribution in [0.15, 0.2) is 41.3 Å². The Hall–Kier alpha value is -2.66. The van der Waals surface area contributed by atoms with E-state index in [9.17, 15) is 4.79 Å². The average Bonchev–Trinajstić information content (AvgIpc) is 3.47. The second-order valence-electron chi connectivity index (χ2n) is 12.8. The summed E-state index contributed by atoms with van der Waals surface area (Å²) >= 11 is 1.41. The maximum Gasteiger partial charge on any atom is 0.354 e. The molecule has 10 heteroatoms. The van der Waals surface area contributed by atoms with Gasteiger partial charge in [0.1, 0.15) is 5.65 Å². The Morgan fingerprint density at radius 2 is 2.05 bits per heavy atom. The summed E-state index contributed by atoms with van der Waals surface area (Å²) in [7, 11) is 0. The summed E-state index contributed by atoms with van der Waals surface area (Å²) in [5.41, 5.74) is 15.3. The SMILES string of the molecule is C[C@@H](N)CCCN1CC(C)(C)CC1c1cc2cn(-c3ccc([C@@H]4CCC[C@@H](CCSC(=N)N)N4)cc3)c(=O)nc2[nH]1. The second kappa shape index (κ2) is 12.7. The number of aromatic nitrogens is 3. The van der Waals surface area contributed by atoms with Gasteiger partial charge >= 0.3 is 5.69 Å². The van der Waals surface area contributed by atoms with E-state index < -0.39 is 0 Å². The molecule has 2 aliphatic heterocycles. The molecule has 9 nitrogen and oxygen atoms in total. The Balaban J connectivity index is 1.31. The minimum Gasteiger partial charge on any atom is -0.379 e. The molecule has 0 aliphatic carbocycles. The number of thioether (sulfide) groups is 1. The second-order valence-corrected chi connectivity index (χ2v) is 14.0. The van der Waals surface area contributed by atoms with Gasteiger partial charge in [-0.25, -0.2) is 4.79 Å². The molecule has 5 rings (SSSR count). The third-order valence-corrected chi connectivity index (χ3v) is 9.34. The van der Waals surface area contributed by atoms with Gasteiger partial charge in [-0.3, -0.25) is 14.9 Å². The fourth-order valence-corrected chi connectivity index (χ4v) is 7.23. The van der Waals surface area contributed by atoms with Gasteiger partial charge in [0.05, 0.1) is 11.7 Å². The van der Waals surface area contributed by atoms with E-state index in [0.717, 1.165) is 74.1 Å². The minimum atomic E-state index is -0.280. The van der Waals surface area contributed by atoms with Gasteiger partial charge in [0.2, 0.25) is 0 Å². The predicted molar refractivity (Wildman–Crippen MR) is 170 cm³/mol. The quantitative estimate of drug-likeness (QED) is 0.172. The van der Waals surface area contributed by atoms with Gasteiger partial charge in [0.25, 0.3) is 0 Å². The first-order valence-corrected chi connectivity index (χ1v) is 16.0. The first-order valence-electron chi connectivity index (χ1n) is 15.0. The van der Waals surface area contributed by atoms with Crippen LogP contribution in [0.1, 0.15) is 89.1 Å². The van der Waals surface area contributed by atoms with Crippen molar-refractivity contribution in [3.05, 3.63) is 58.3 Å². The fraction of sp³-hybridized carbons (Fsp3) is 0.581. The van der Waals surface area contributed by atoms with Crippen molar-refractivity contribution in [2.24, 2.45) is 16.9 Å². The van der Waals surface area contributed by atoms with E-state index in [0.29, 0.717) is 17.7 Å². The summed E-state index contributed by atoms with van der Waals surface area (Å²) < 4.78 is 1.65. The van der Waals surface area contributed by atoms with Crippen LogP contribution in [0.2, 0.25) is 0 Å². The molecule has 1 aromatic carbocycles. The number of nitrogens with two attached hydrogens (primary N) is 2. The van der Waals surface area contributed by atoms with E-state index in [1.807, 2.05) is 18.3 Å². The number of hydrogen-bond donors (Lipinski definition) is 5. The first-order chi connectivity index (χ1) is 19.6. The number of H-pyrrole nitrogens is 1. The van der Waals surface area contributed by atoms with Gasteiger partial charge in [0, 0.05) is 47.7 Å². The van der Waals surface area contributed by atoms with Gasteiger partial charge < -0.3 is 21.8 Å². The number of nitrogens with one attached hydrogen (secondary N) is 3. The van der Waals surface area contributed by atoms with Crippen LogP contribution in [0.25, 0.3) is 16.7 Å². The zero-order valence-electron chi connectivity index (χ0n) is 24.7. The number of hydrogen-bond acceptors (Lipinski definition) is 7. The van der Waals surface area contributed by atoms with E-state index in [1.165, 1.54) is 23.7 Å². The van der Waals surface area contributed by atoms with Gasteiger partial charge in [-0.15, -0.1) is 0 Å². The Bertz CT molecular complexity index is 1400. The third-order valence-electron chi connectivity index (χ3n) is 8.59. The summed E-state index contributed by atoms with van der Waals surface area (Å²) in [6.45, 7) is 8.80. The molecule has 0 saturated carbocycles. The summed E-state index contributed by atoms with van der Waals surface area (Å²) in [5, 5.41) is 12.3. The molecule has 7 N–H and O–H groups in total. The van der Waals surface area contributed by atoms with Crippen molar-refractivity contribution in [3.63, 3.8) is 0 Å². The summed E-state index contributed by atoms with van der Waals surface area (Å²) in [4.78, 5) is 23.6. The molecule has 3 aromatic rings. The largest absolute Gasteiger partial charge is 0.379 e. The number of aromatic amines is 1. The molecular weight excluding hydrogens is 532 g/mol. The van der Waals surface area contributed by atoms with E-state index >= 15 is 0 Å². The molecule has 0 radical (unpaired) electrons. The molecule has 2 fully saturated rings. The van der Waals surface area contributed by atoms with Crippen LogP contribution < -0.4 is 22.5 Å². The molecule has 4 atom stereocenters. The van der Waals surface area contributed by atoms with E-state index in [-0.39, 0.29) is 28.4 Å². The topological polar surface area (TPSA) is 142 Å². The van der Waals surface area contributed by atoms with Crippen LogP contribution in [0.4, 0.5) is 0 Å². The Labute approximate surface area is 247 Å². The number of rotatable bonds is 10. The van der Waals surface area contributed by atoms with Crippen molar-refractivity contribution in [2.75, 3.05) is 18.8 Å². The molecule has 2 aromatic heterocycles. The monoisotopic (exact) mass is 578 g/mol. The highest BCUT2D eigenvalue weighted by molar-refractivity contribution is 8.13. The zero-order valence-corrected chi connectivity index (χ0v) is 25.5. The summed E-state index contributed by atoms with van der Waals surface area (Å²) in [6, 6.07) is 11.7. The first kappa shape index (κ1) is 29.8. The maximum atomic E-state index is 13.1. The Morgan fingerprint density at radius 1 is 1.27 bits per heavy atom. The number of fused-ring (bicyclic) bond motifs is 1. The van der Waals surface area contributed by atoms with E-state index in [4.69, 9.17) is 16.9 Å². The van der Waals surface area contributed by atoms with Crippen LogP contribution >= 0.6 is 11.8 Å². The van der Waals surface area contributed by atoms with Gasteiger partial charge in [-0.2, -0.15) is 4.98 Å².